The van der Waals surface area contributed by atoms with Crippen LogP contribution in [0.25, 0.3) is 10.4 Å². The number of hydrogen-bond donors (Lipinski definition) is 0. The minimum atomic E-state index is -2.39. The zero-order chi connectivity index (χ0) is 23.1. The second-order valence-electron chi connectivity index (χ2n) is 9.28. The van der Waals surface area contributed by atoms with Gasteiger partial charge < -0.3 is 4.43 Å². The van der Waals surface area contributed by atoms with Gasteiger partial charge in [-0.3, -0.25) is 0 Å². The van der Waals surface area contributed by atoms with Gasteiger partial charge >= 0.3 is 0 Å². The molecule has 32 heavy (non-hydrogen) atoms. The van der Waals surface area contributed by atoms with E-state index < -0.39 is 8.32 Å². The van der Waals surface area contributed by atoms with Crippen LogP contribution in [0.3, 0.4) is 0 Å². The van der Waals surface area contributed by atoms with Crippen molar-refractivity contribution in [3.63, 3.8) is 0 Å². The third-order valence-corrected chi connectivity index (χ3v) is 10.9. The van der Waals surface area contributed by atoms with Gasteiger partial charge in [0.05, 0.1) is 0 Å². The van der Waals surface area contributed by atoms with Gasteiger partial charge in [-0.25, -0.2) is 0 Å². The Bertz CT molecular complexity index is 801. The molecule has 5 heteroatoms. The molecule has 0 aromatic heterocycles. The molecule has 2 rings (SSSR count). The highest BCUT2D eigenvalue weighted by Crippen LogP contribution is 2.36. The summed E-state index contributed by atoms with van der Waals surface area (Å²) in [5, 5.41) is 6.30. The van der Waals surface area contributed by atoms with E-state index in [0.717, 1.165) is 38.7 Å². The monoisotopic (exact) mass is 449 g/mol. The van der Waals surface area contributed by atoms with Crippen molar-refractivity contribution in [2.75, 3.05) is 13.2 Å². The molecule has 0 unspecified atom stereocenters. The number of unbranched alkanes of at least 4 members (excludes halogenated alkanes) is 5. The molecule has 0 atom stereocenters. The van der Waals surface area contributed by atoms with Crippen LogP contribution in [0, 0.1) is 0 Å². The molecule has 0 heterocycles. The highest BCUT2D eigenvalue weighted by Gasteiger charge is 2.49. The highest BCUT2D eigenvalue weighted by molar-refractivity contribution is 6.99. The van der Waals surface area contributed by atoms with Crippen molar-refractivity contribution in [1.82, 2.24) is 0 Å². The lowest BCUT2D eigenvalue weighted by Crippen LogP contribution is -2.66. The Hall–Kier alpha value is -2.33. The largest absolute Gasteiger partial charge is 0.407 e. The van der Waals surface area contributed by atoms with Gasteiger partial charge in [0.25, 0.3) is 8.32 Å². The Morgan fingerprint density at radius 2 is 1.34 bits per heavy atom. The predicted octanol–water partition coefficient (Wildman–Crippen LogP) is 7.16. The third kappa shape index (κ3) is 7.66. The first-order valence-corrected chi connectivity index (χ1v) is 13.8. The molecular weight excluding hydrogens is 410 g/mol. The van der Waals surface area contributed by atoms with Gasteiger partial charge in [-0.2, -0.15) is 0 Å². The third-order valence-electron chi connectivity index (χ3n) is 5.86. The normalized spacial score (nSPS) is 12.1. The Labute approximate surface area is 195 Å². The second kappa shape index (κ2) is 13.9. The fourth-order valence-corrected chi connectivity index (χ4v) is 8.86. The van der Waals surface area contributed by atoms with E-state index >= 15 is 0 Å². The van der Waals surface area contributed by atoms with Crippen LogP contribution in [0.5, 0.6) is 0 Å². The van der Waals surface area contributed by atoms with Crippen LogP contribution >= 0.6 is 0 Å². The van der Waals surface area contributed by atoms with Crippen LogP contribution in [-0.4, -0.2) is 21.5 Å². The molecule has 0 fully saturated rings. The van der Waals surface area contributed by atoms with Gasteiger partial charge in [0.1, 0.15) is 0 Å². The number of nitrogens with zero attached hydrogens (tertiary/aromatic N) is 3. The minimum Gasteiger partial charge on any atom is -0.407 e. The maximum Gasteiger partial charge on any atom is 0.261 e. The molecular formula is C27H39N3OSi. The molecule has 0 aliphatic carbocycles. The van der Waals surface area contributed by atoms with Gasteiger partial charge in [0.2, 0.25) is 0 Å². The van der Waals surface area contributed by atoms with Crippen molar-refractivity contribution in [2.24, 2.45) is 5.11 Å². The zero-order valence-electron chi connectivity index (χ0n) is 20.0. The fraction of sp³-hybridized carbons (Fsp3) is 0.481. The molecule has 2 aromatic carbocycles. The van der Waals surface area contributed by atoms with Gasteiger partial charge in [-0.15, -0.1) is 0 Å². The Kier molecular flexibility index (Phi) is 11.3. The van der Waals surface area contributed by atoms with E-state index in [1.54, 1.807) is 0 Å². The van der Waals surface area contributed by atoms with Crippen molar-refractivity contribution in [3.8, 4) is 0 Å². The summed E-state index contributed by atoms with van der Waals surface area (Å²) < 4.78 is 6.94. The quantitative estimate of drug-likeness (QED) is 0.0753. The summed E-state index contributed by atoms with van der Waals surface area (Å²) in [7, 11) is -2.39. The molecule has 0 aliphatic heterocycles. The van der Waals surface area contributed by atoms with Crippen molar-refractivity contribution < 1.29 is 4.43 Å². The van der Waals surface area contributed by atoms with Crippen LogP contribution in [0.15, 0.2) is 77.9 Å². The van der Waals surface area contributed by atoms with E-state index in [1.807, 2.05) is 0 Å². The topological polar surface area (TPSA) is 58.0 Å². The summed E-state index contributed by atoms with van der Waals surface area (Å²) in [5.74, 6) is 0. The summed E-state index contributed by atoms with van der Waals surface area (Å²) >= 11 is 0. The average Bonchev–Trinajstić information content (AvgIpc) is 2.80. The van der Waals surface area contributed by atoms with Crippen LogP contribution in [0.1, 0.15) is 65.7 Å². The summed E-state index contributed by atoms with van der Waals surface area (Å²) in [5.41, 5.74) is 8.27. The van der Waals surface area contributed by atoms with Crippen LogP contribution in [-0.2, 0) is 4.43 Å². The van der Waals surface area contributed by atoms with E-state index in [1.165, 1.54) is 23.2 Å². The first-order valence-electron chi connectivity index (χ1n) is 11.9. The number of allylic oxidation sites excluding steroid dienone is 2. The van der Waals surface area contributed by atoms with E-state index in [9.17, 15) is 0 Å². The first kappa shape index (κ1) is 25.9. The van der Waals surface area contributed by atoms with E-state index in [0.29, 0.717) is 6.54 Å². The lowest BCUT2D eigenvalue weighted by Gasteiger charge is -2.43. The Balaban J connectivity index is 1.89. The molecule has 0 bridgehead atoms. The summed E-state index contributed by atoms with van der Waals surface area (Å²) in [6, 6.07) is 21.7. The summed E-state index contributed by atoms with van der Waals surface area (Å²) in [4.78, 5) is 2.78. The molecule has 0 spiro atoms. The lowest BCUT2D eigenvalue weighted by atomic mass is 10.1. The molecule has 2 aromatic rings. The van der Waals surface area contributed by atoms with Crippen LogP contribution in [0.2, 0.25) is 5.04 Å². The molecule has 4 nitrogen and oxygen atoms in total. The molecule has 0 N–H and O–H groups in total. The second-order valence-corrected chi connectivity index (χ2v) is 13.6. The van der Waals surface area contributed by atoms with Crippen molar-refractivity contribution in [3.05, 3.63) is 83.3 Å². The number of azide groups is 1. The predicted molar refractivity (Wildman–Crippen MR) is 139 cm³/mol. The standard InChI is InChI=1S/C27H39N3OSi/c1-27(2,3)32(25-19-13-11-14-20-25,26-21-15-12-16-22-26)31-24-18-10-8-6-4-5-7-9-17-23-29-30-28/h4-5,11-16,19-22H,6-10,17-18,23-24H2,1-3H3. The average molecular weight is 450 g/mol. The highest BCUT2D eigenvalue weighted by atomic mass is 28.4. The Morgan fingerprint density at radius 3 is 1.84 bits per heavy atom. The van der Waals surface area contributed by atoms with E-state index in [2.05, 4.69) is 104 Å². The van der Waals surface area contributed by atoms with Crippen LogP contribution in [0.4, 0.5) is 0 Å². The number of hydrogen-bond acceptors (Lipinski definition) is 2. The minimum absolute atomic E-state index is 0.0387. The smallest absolute Gasteiger partial charge is 0.261 e. The van der Waals surface area contributed by atoms with Gasteiger partial charge in [0.15, 0.2) is 0 Å². The molecule has 0 saturated carbocycles. The first-order chi connectivity index (χ1) is 15.5. The van der Waals surface area contributed by atoms with E-state index in [4.69, 9.17) is 9.96 Å². The lowest BCUT2D eigenvalue weighted by molar-refractivity contribution is 0.287. The Morgan fingerprint density at radius 1 is 0.812 bits per heavy atom. The number of benzene rings is 2. The molecule has 172 valence electrons. The summed E-state index contributed by atoms with van der Waals surface area (Å²) in [6.45, 7) is 8.40. The number of rotatable bonds is 14. The van der Waals surface area contributed by atoms with Crippen molar-refractivity contribution in [2.45, 2.75) is 70.8 Å². The maximum atomic E-state index is 8.27. The SMILES string of the molecule is CC(C)(C)[Si](OCCCCCC=CCCCCN=[N+]=[N-])(c1ccccc1)c1ccccc1. The van der Waals surface area contributed by atoms with Crippen molar-refractivity contribution >= 4 is 18.7 Å². The van der Waals surface area contributed by atoms with Gasteiger partial charge in [0, 0.05) is 18.1 Å². The molecule has 0 radical (unpaired) electrons. The molecule has 0 saturated heterocycles. The van der Waals surface area contributed by atoms with E-state index in [-0.39, 0.29) is 5.04 Å². The zero-order valence-corrected chi connectivity index (χ0v) is 21.0. The van der Waals surface area contributed by atoms with Gasteiger partial charge in [-0.1, -0.05) is 105 Å². The molecule has 0 aliphatic rings. The summed E-state index contributed by atoms with van der Waals surface area (Å²) in [6.07, 6.45) is 12.2. The van der Waals surface area contributed by atoms with Crippen molar-refractivity contribution in [1.29, 1.82) is 0 Å². The maximum absolute atomic E-state index is 8.27. The molecule has 0 amide bonds. The van der Waals surface area contributed by atoms with Gasteiger partial charge in [-0.05, 0) is 59.5 Å². The fourth-order valence-electron chi connectivity index (χ4n) is 4.25. The van der Waals surface area contributed by atoms with Crippen LogP contribution < -0.4 is 10.4 Å².